The maximum atomic E-state index is 4.70. The lowest BCUT2D eigenvalue weighted by atomic mass is 10.2. The van der Waals surface area contributed by atoms with Crippen LogP contribution in [-0.4, -0.2) is 40.4 Å². The van der Waals surface area contributed by atoms with E-state index in [1.807, 2.05) is 0 Å². The highest BCUT2D eigenvalue weighted by Gasteiger charge is 2.03. The van der Waals surface area contributed by atoms with Gasteiger partial charge in [-0.2, -0.15) is 0 Å². The zero-order chi connectivity index (χ0) is 17.7. The van der Waals surface area contributed by atoms with E-state index in [0.717, 1.165) is 57.2 Å². The average Bonchev–Trinajstić information content (AvgIpc) is 3.29. The van der Waals surface area contributed by atoms with Gasteiger partial charge in [-0.25, -0.2) is 0 Å². The standard InChI is InChI=1S/C18H30N6S.HI/c1-3-5-6-10-19-18(20-11-9-16-8-7-14-25-16)21-12-13-24-15-22-23-17(24)4-2;/h7-8,14-15H,3-6,9-13H2,1-2H3,(H2,19,20,21);1H. The van der Waals surface area contributed by atoms with Crippen LogP contribution in [-0.2, 0) is 19.4 Å². The lowest BCUT2D eigenvalue weighted by Crippen LogP contribution is -2.40. The van der Waals surface area contributed by atoms with Gasteiger partial charge in [-0.05, 0) is 24.3 Å². The van der Waals surface area contributed by atoms with E-state index in [0.29, 0.717) is 0 Å². The fourth-order valence-electron chi connectivity index (χ4n) is 2.52. The van der Waals surface area contributed by atoms with Crippen molar-refractivity contribution in [3.8, 4) is 0 Å². The summed E-state index contributed by atoms with van der Waals surface area (Å²) < 4.78 is 2.09. The van der Waals surface area contributed by atoms with E-state index in [2.05, 4.69) is 56.8 Å². The molecule has 0 bridgehead atoms. The maximum Gasteiger partial charge on any atom is 0.191 e. The quantitative estimate of drug-likeness (QED) is 0.219. The van der Waals surface area contributed by atoms with Gasteiger partial charge in [-0.3, -0.25) is 4.99 Å². The van der Waals surface area contributed by atoms with Crippen molar-refractivity contribution in [3.05, 3.63) is 34.5 Å². The highest BCUT2D eigenvalue weighted by atomic mass is 127. The van der Waals surface area contributed by atoms with Gasteiger partial charge in [0.05, 0.1) is 0 Å². The molecule has 2 aromatic heterocycles. The molecule has 0 unspecified atom stereocenters. The predicted molar refractivity (Wildman–Crippen MR) is 121 cm³/mol. The van der Waals surface area contributed by atoms with Crippen molar-refractivity contribution in [2.24, 2.45) is 4.99 Å². The molecule has 0 radical (unpaired) electrons. The van der Waals surface area contributed by atoms with Crippen LogP contribution in [0.15, 0.2) is 28.8 Å². The molecule has 2 heterocycles. The summed E-state index contributed by atoms with van der Waals surface area (Å²) in [6.45, 7) is 7.73. The summed E-state index contributed by atoms with van der Waals surface area (Å²) in [5, 5.41) is 17.1. The van der Waals surface area contributed by atoms with E-state index >= 15 is 0 Å². The molecule has 26 heavy (non-hydrogen) atoms. The number of aryl methyl sites for hydroxylation is 1. The zero-order valence-corrected chi connectivity index (χ0v) is 18.9. The summed E-state index contributed by atoms with van der Waals surface area (Å²) in [5.41, 5.74) is 0. The van der Waals surface area contributed by atoms with Gasteiger partial charge in [-0.15, -0.1) is 45.5 Å². The third-order valence-electron chi connectivity index (χ3n) is 3.93. The van der Waals surface area contributed by atoms with Crippen LogP contribution in [0.1, 0.15) is 43.8 Å². The van der Waals surface area contributed by atoms with Gasteiger partial charge in [0.25, 0.3) is 0 Å². The molecule has 0 saturated heterocycles. The first-order chi connectivity index (χ1) is 12.3. The number of hydrogen-bond acceptors (Lipinski definition) is 4. The predicted octanol–water partition coefficient (Wildman–Crippen LogP) is 3.49. The lowest BCUT2D eigenvalue weighted by Gasteiger charge is -2.13. The van der Waals surface area contributed by atoms with Gasteiger partial charge in [0.2, 0.25) is 0 Å². The van der Waals surface area contributed by atoms with Crippen LogP contribution in [0, 0.1) is 0 Å². The van der Waals surface area contributed by atoms with Crippen molar-refractivity contribution >= 4 is 41.3 Å². The minimum absolute atomic E-state index is 0. The van der Waals surface area contributed by atoms with Gasteiger partial charge in [0, 0.05) is 37.5 Å². The molecule has 0 aliphatic carbocycles. The molecule has 0 atom stereocenters. The lowest BCUT2D eigenvalue weighted by molar-refractivity contribution is 0.630. The van der Waals surface area contributed by atoms with Crippen LogP contribution in [0.4, 0.5) is 0 Å². The van der Waals surface area contributed by atoms with Crippen molar-refractivity contribution < 1.29 is 0 Å². The first-order valence-electron chi connectivity index (χ1n) is 9.24. The Morgan fingerprint density at radius 1 is 1.23 bits per heavy atom. The SMILES string of the molecule is CCCCCN=C(NCCc1cccs1)NCCn1cnnc1CC.I. The second kappa shape index (κ2) is 14.0. The number of aliphatic imine (C=N–C) groups is 1. The Morgan fingerprint density at radius 3 is 2.81 bits per heavy atom. The first kappa shape index (κ1) is 22.9. The van der Waals surface area contributed by atoms with Gasteiger partial charge >= 0.3 is 0 Å². The van der Waals surface area contributed by atoms with E-state index in [4.69, 9.17) is 4.99 Å². The monoisotopic (exact) mass is 490 g/mol. The molecule has 0 saturated carbocycles. The van der Waals surface area contributed by atoms with Crippen LogP contribution in [0.3, 0.4) is 0 Å². The topological polar surface area (TPSA) is 67.1 Å². The largest absolute Gasteiger partial charge is 0.356 e. The maximum absolute atomic E-state index is 4.70. The number of rotatable bonds is 11. The average molecular weight is 490 g/mol. The van der Waals surface area contributed by atoms with Crippen molar-refractivity contribution in [2.45, 2.75) is 52.5 Å². The number of hydrogen-bond donors (Lipinski definition) is 2. The summed E-state index contributed by atoms with van der Waals surface area (Å²) >= 11 is 1.80. The molecule has 146 valence electrons. The molecule has 8 heteroatoms. The van der Waals surface area contributed by atoms with Crippen LogP contribution in [0.25, 0.3) is 0 Å². The highest BCUT2D eigenvalue weighted by molar-refractivity contribution is 14.0. The summed E-state index contributed by atoms with van der Waals surface area (Å²) in [6.07, 6.45) is 7.31. The van der Waals surface area contributed by atoms with Crippen molar-refractivity contribution in [3.63, 3.8) is 0 Å². The molecule has 0 aliphatic rings. The van der Waals surface area contributed by atoms with Crippen LogP contribution >= 0.6 is 35.3 Å². The van der Waals surface area contributed by atoms with Crippen LogP contribution in [0.2, 0.25) is 0 Å². The molecule has 0 fully saturated rings. The minimum atomic E-state index is 0. The Morgan fingerprint density at radius 2 is 2.08 bits per heavy atom. The summed E-state index contributed by atoms with van der Waals surface area (Å²) in [6, 6.07) is 4.28. The first-order valence-corrected chi connectivity index (χ1v) is 10.1. The number of nitrogens with zero attached hydrogens (tertiary/aromatic N) is 4. The molecule has 0 spiro atoms. The van der Waals surface area contributed by atoms with E-state index in [9.17, 15) is 0 Å². The van der Waals surface area contributed by atoms with Gasteiger partial charge in [0.1, 0.15) is 12.2 Å². The van der Waals surface area contributed by atoms with Gasteiger partial charge in [-0.1, -0.05) is 32.8 Å². The number of unbranched alkanes of at least 4 members (excludes halogenated alkanes) is 2. The van der Waals surface area contributed by atoms with E-state index < -0.39 is 0 Å². The zero-order valence-electron chi connectivity index (χ0n) is 15.8. The summed E-state index contributed by atoms with van der Waals surface area (Å²) in [7, 11) is 0. The third kappa shape index (κ3) is 8.48. The van der Waals surface area contributed by atoms with Crippen molar-refractivity contribution in [1.82, 2.24) is 25.4 Å². The van der Waals surface area contributed by atoms with Crippen molar-refractivity contribution in [1.29, 1.82) is 0 Å². The number of guanidine groups is 1. The Balaban J connectivity index is 0.00000338. The molecular weight excluding hydrogens is 459 g/mol. The molecule has 2 N–H and O–H groups in total. The normalized spacial score (nSPS) is 11.2. The molecule has 0 aliphatic heterocycles. The summed E-state index contributed by atoms with van der Waals surface area (Å²) in [4.78, 5) is 6.10. The number of aromatic nitrogens is 3. The van der Waals surface area contributed by atoms with Gasteiger partial charge in [0.15, 0.2) is 5.96 Å². The second-order valence-electron chi connectivity index (χ2n) is 5.91. The third-order valence-corrected chi connectivity index (χ3v) is 4.87. The smallest absolute Gasteiger partial charge is 0.191 e. The summed E-state index contributed by atoms with van der Waals surface area (Å²) in [5.74, 6) is 1.92. The molecule has 0 amide bonds. The number of nitrogens with one attached hydrogen (secondary N) is 2. The Hall–Kier alpha value is -1.16. The number of halogens is 1. The fourth-order valence-corrected chi connectivity index (χ4v) is 3.23. The molecule has 6 nitrogen and oxygen atoms in total. The molecule has 2 aromatic rings. The molecular formula is C18H31IN6S. The van der Waals surface area contributed by atoms with E-state index in [1.165, 1.54) is 17.7 Å². The molecule has 0 aromatic carbocycles. The fraction of sp³-hybridized carbons (Fsp3) is 0.611. The van der Waals surface area contributed by atoms with Gasteiger partial charge < -0.3 is 15.2 Å². The minimum Gasteiger partial charge on any atom is -0.356 e. The second-order valence-corrected chi connectivity index (χ2v) is 6.95. The Labute approximate surface area is 177 Å². The van der Waals surface area contributed by atoms with E-state index in [1.54, 1.807) is 17.7 Å². The number of thiophene rings is 1. The van der Waals surface area contributed by atoms with Crippen LogP contribution in [0.5, 0.6) is 0 Å². The Kier molecular flexibility index (Phi) is 12.3. The highest BCUT2D eigenvalue weighted by Crippen LogP contribution is 2.08. The van der Waals surface area contributed by atoms with E-state index in [-0.39, 0.29) is 24.0 Å². The Bertz CT molecular complexity index is 611. The van der Waals surface area contributed by atoms with Crippen molar-refractivity contribution in [2.75, 3.05) is 19.6 Å². The van der Waals surface area contributed by atoms with Crippen LogP contribution < -0.4 is 10.6 Å². The molecule has 2 rings (SSSR count).